The van der Waals surface area contributed by atoms with E-state index < -0.39 is 5.97 Å². The quantitative estimate of drug-likeness (QED) is 0.0806. The molecule has 0 amide bonds. The van der Waals surface area contributed by atoms with E-state index in [0.29, 0.717) is 28.2 Å². The number of ketones is 1. The van der Waals surface area contributed by atoms with Gasteiger partial charge in [-0.25, -0.2) is 4.79 Å². The molecule has 40 heavy (non-hydrogen) atoms. The lowest BCUT2D eigenvalue weighted by Crippen LogP contribution is -2.12. The lowest BCUT2D eigenvalue weighted by molar-refractivity contribution is 0.0734. The molecule has 0 spiro atoms. The molecular formula is C36H44O4. The first-order valence-corrected chi connectivity index (χ1v) is 15.3. The third-order valence-electron chi connectivity index (χ3n) is 7.78. The maximum absolute atomic E-state index is 13.3. The molecule has 0 saturated carbocycles. The average Bonchev–Trinajstić information content (AvgIpc) is 3.24. The van der Waals surface area contributed by atoms with E-state index in [1.54, 1.807) is 12.1 Å². The molecule has 1 unspecified atom stereocenters. The number of hydrogen-bond donors (Lipinski definition) is 0. The summed E-state index contributed by atoms with van der Waals surface area (Å²) in [5.74, 6) is 0.677. The third-order valence-corrected chi connectivity index (χ3v) is 7.78. The molecule has 4 rings (SSSR count). The van der Waals surface area contributed by atoms with E-state index in [4.69, 9.17) is 9.47 Å². The fraction of sp³-hybridized carbons (Fsp3) is 0.444. The highest BCUT2D eigenvalue weighted by atomic mass is 16.5. The second kappa shape index (κ2) is 14.8. The summed E-state index contributed by atoms with van der Waals surface area (Å²) < 4.78 is 11.8. The van der Waals surface area contributed by atoms with E-state index in [1.807, 2.05) is 48.5 Å². The molecule has 3 aromatic rings. The van der Waals surface area contributed by atoms with Crippen molar-refractivity contribution in [3.8, 4) is 22.6 Å². The minimum absolute atomic E-state index is 0.0836. The minimum Gasteiger partial charge on any atom is -0.491 e. The van der Waals surface area contributed by atoms with Gasteiger partial charge in [-0.05, 0) is 91.8 Å². The number of carbonyl (C=O) groups excluding carboxylic acids is 2. The lowest BCUT2D eigenvalue weighted by atomic mass is 10.0. The Labute approximate surface area is 240 Å². The monoisotopic (exact) mass is 540 g/mol. The van der Waals surface area contributed by atoms with Crippen molar-refractivity contribution in [1.82, 2.24) is 0 Å². The van der Waals surface area contributed by atoms with Gasteiger partial charge >= 0.3 is 5.97 Å². The van der Waals surface area contributed by atoms with Crippen molar-refractivity contribution in [2.45, 2.75) is 104 Å². The van der Waals surface area contributed by atoms with E-state index in [-0.39, 0.29) is 11.9 Å². The summed E-state index contributed by atoms with van der Waals surface area (Å²) in [6.07, 6.45) is 14.6. The lowest BCUT2D eigenvalue weighted by Gasteiger charge is -2.15. The van der Waals surface area contributed by atoms with Crippen LogP contribution in [0, 0.1) is 0 Å². The zero-order chi connectivity index (χ0) is 28.3. The summed E-state index contributed by atoms with van der Waals surface area (Å²) in [5.41, 5.74) is 4.50. The van der Waals surface area contributed by atoms with Crippen LogP contribution in [0.3, 0.4) is 0 Å². The number of benzene rings is 3. The number of hydrogen-bond acceptors (Lipinski definition) is 4. The van der Waals surface area contributed by atoms with Crippen LogP contribution in [-0.2, 0) is 6.42 Å². The zero-order valence-electron chi connectivity index (χ0n) is 24.5. The first-order chi connectivity index (χ1) is 19.5. The molecular weight excluding hydrogens is 496 g/mol. The predicted octanol–water partition coefficient (Wildman–Crippen LogP) is 9.76. The molecule has 1 aliphatic rings. The molecule has 0 N–H and O–H groups in total. The molecule has 0 aliphatic heterocycles. The van der Waals surface area contributed by atoms with E-state index in [0.717, 1.165) is 30.4 Å². The minimum atomic E-state index is -0.462. The average molecular weight is 541 g/mol. The number of rotatable bonds is 16. The largest absolute Gasteiger partial charge is 0.491 e. The van der Waals surface area contributed by atoms with Crippen LogP contribution in [0.4, 0.5) is 0 Å². The predicted molar refractivity (Wildman–Crippen MR) is 163 cm³/mol. The smallest absolute Gasteiger partial charge is 0.343 e. The molecule has 0 bridgehead atoms. The first-order valence-electron chi connectivity index (χ1n) is 15.3. The Morgan fingerprint density at radius 1 is 0.675 bits per heavy atom. The van der Waals surface area contributed by atoms with Crippen LogP contribution in [-0.4, -0.2) is 17.9 Å². The van der Waals surface area contributed by atoms with Gasteiger partial charge in [-0.3, -0.25) is 4.79 Å². The number of fused-ring (bicyclic) bond motifs is 3. The molecule has 0 saturated heterocycles. The molecule has 1 aliphatic carbocycles. The summed E-state index contributed by atoms with van der Waals surface area (Å²) in [4.78, 5) is 26.2. The Morgan fingerprint density at radius 2 is 1.27 bits per heavy atom. The van der Waals surface area contributed by atoms with Crippen molar-refractivity contribution in [1.29, 1.82) is 0 Å². The van der Waals surface area contributed by atoms with Crippen molar-refractivity contribution < 1.29 is 19.1 Å². The van der Waals surface area contributed by atoms with E-state index >= 15 is 0 Å². The Bertz CT molecular complexity index is 1270. The normalized spacial score (nSPS) is 12.6. The first kappa shape index (κ1) is 29.6. The van der Waals surface area contributed by atoms with E-state index in [9.17, 15) is 9.59 Å². The number of esters is 1. The van der Waals surface area contributed by atoms with Gasteiger partial charge in [-0.1, -0.05) is 83.4 Å². The van der Waals surface area contributed by atoms with Gasteiger partial charge in [0.15, 0.2) is 5.78 Å². The Hall–Kier alpha value is -3.40. The van der Waals surface area contributed by atoms with E-state index in [2.05, 4.69) is 20.8 Å². The van der Waals surface area contributed by atoms with Crippen molar-refractivity contribution in [2.75, 3.05) is 0 Å². The second-order valence-electron chi connectivity index (χ2n) is 11.1. The van der Waals surface area contributed by atoms with Crippen LogP contribution in [0.15, 0.2) is 60.7 Å². The van der Waals surface area contributed by atoms with Gasteiger partial charge in [0.2, 0.25) is 0 Å². The molecule has 0 radical (unpaired) electrons. The van der Waals surface area contributed by atoms with Gasteiger partial charge in [0.05, 0.1) is 11.7 Å². The van der Waals surface area contributed by atoms with Crippen LogP contribution >= 0.6 is 0 Å². The van der Waals surface area contributed by atoms with Gasteiger partial charge in [0, 0.05) is 11.1 Å². The number of carbonyl (C=O) groups is 2. The Morgan fingerprint density at radius 3 is 2.00 bits per heavy atom. The third kappa shape index (κ3) is 7.84. The van der Waals surface area contributed by atoms with Crippen molar-refractivity contribution in [3.05, 3.63) is 82.9 Å². The Kier molecular flexibility index (Phi) is 11.0. The van der Waals surface area contributed by atoms with Crippen LogP contribution < -0.4 is 9.47 Å². The standard InChI is InChI=1S/C36H44O4/c1-4-6-8-10-11-13-15-27-16-19-29(20-17-27)40-36(38)28-18-22-31-32-23-21-30(25-34(32)35(37)33(31)24-28)39-26(3)14-12-9-7-5-2/h16-26H,4-15H2,1-3H3. The van der Waals surface area contributed by atoms with Gasteiger partial charge in [-0.2, -0.15) is 0 Å². The fourth-order valence-corrected chi connectivity index (χ4v) is 5.41. The van der Waals surface area contributed by atoms with Crippen molar-refractivity contribution >= 4 is 11.8 Å². The van der Waals surface area contributed by atoms with Gasteiger partial charge in [0.1, 0.15) is 11.5 Å². The SMILES string of the molecule is CCCCCCCCc1ccc(OC(=O)c2ccc3c(c2)C(=O)c2cc(OC(C)CCCCCC)ccc2-3)cc1. The highest BCUT2D eigenvalue weighted by molar-refractivity contribution is 6.22. The summed E-state index contributed by atoms with van der Waals surface area (Å²) in [5, 5.41) is 0. The highest BCUT2D eigenvalue weighted by Crippen LogP contribution is 2.39. The van der Waals surface area contributed by atoms with Gasteiger partial charge in [0.25, 0.3) is 0 Å². The topological polar surface area (TPSA) is 52.6 Å². The molecule has 0 heterocycles. The summed E-state index contributed by atoms with van der Waals surface area (Å²) >= 11 is 0. The molecule has 3 aromatic carbocycles. The molecule has 4 nitrogen and oxygen atoms in total. The molecule has 1 atom stereocenters. The number of aryl methyl sites for hydroxylation is 1. The molecule has 0 aromatic heterocycles. The molecule has 212 valence electrons. The maximum atomic E-state index is 13.3. The zero-order valence-corrected chi connectivity index (χ0v) is 24.5. The second-order valence-corrected chi connectivity index (χ2v) is 11.1. The van der Waals surface area contributed by atoms with Gasteiger partial charge < -0.3 is 9.47 Å². The molecule has 0 fully saturated rings. The van der Waals surface area contributed by atoms with Crippen LogP contribution in [0.2, 0.25) is 0 Å². The number of unbranched alkanes of at least 4 members (excludes halogenated alkanes) is 8. The van der Waals surface area contributed by atoms with Crippen molar-refractivity contribution in [2.24, 2.45) is 0 Å². The van der Waals surface area contributed by atoms with Crippen LogP contribution in [0.5, 0.6) is 11.5 Å². The summed E-state index contributed by atoms with van der Waals surface area (Å²) in [7, 11) is 0. The summed E-state index contributed by atoms with van der Waals surface area (Å²) in [6, 6.07) is 18.7. The van der Waals surface area contributed by atoms with E-state index in [1.165, 1.54) is 63.4 Å². The molecule has 4 heteroatoms. The Balaban J connectivity index is 1.33. The maximum Gasteiger partial charge on any atom is 0.343 e. The van der Waals surface area contributed by atoms with Crippen molar-refractivity contribution in [3.63, 3.8) is 0 Å². The summed E-state index contributed by atoms with van der Waals surface area (Å²) in [6.45, 7) is 6.53. The van der Waals surface area contributed by atoms with Crippen LogP contribution in [0.25, 0.3) is 11.1 Å². The fourth-order valence-electron chi connectivity index (χ4n) is 5.41. The van der Waals surface area contributed by atoms with Gasteiger partial charge in [-0.15, -0.1) is 0 Å². The highest BCUT2D eigenvalue weighted by Gasteiger charge is 2.28. The van der Waals surface area contributed by atoms with Crippen LogP contribution in [0.1, 0.15) is 123 Å². The number of ether oxygens (including phenoxy) is 2.